The number of likely N-dealkylation sites (tertiary alicyclic amines) is 1. The normalized spacial score (nSPS) is 15.3. The van der Waals surface area contributed by atoms with Gasteiger partial charge in [-0.05, 0) is 68.5 Å². The lowest BCUT2D eigenvalue weighted by molar-refractivity contribution is 0.212. The van der Waals surface area contributed by atoms with E-state index in [1.54, 1.807) is 23.4 Å². The highest BCUT2D eigenvalue weighted by molar-refractivity contribution is 7.80. The number of piperidine rings is 1. The number of nitrogens with two attached hydrogens (primary N) is 1. The first kappa shape index (κ1) is 20.1. The molecular formula is C19H22Cl2N4OS. The maximum absolute atomic E-state index is 6.07. The van der Waals surface area contributed by atoms with Crippen molar-refractivity contribution in [2.24, 2.45) is 10.8 Å². The van der Waals surface area contributed by atoms with Crippen molar-refractivity contribution in [2.75, 3.05) is 26.2 Å². The van der Waals surface area contributed by atoms with E-state index >= 15 is 0 Å². The largest absolute Gasteiger partial charge is 0.455 e. The lowest BCUT2D eigenvalue weighted by Gasteiger charge is -2.28. The van der Waals surface area contributed by atoms with Crippen LogP contribution in [0.2, 0.25) is 10.0 Å². The number of thiocarbonyl (C=S) groups is 1. The quantitative estimate of drug-likeness (QED) is 0.416. The molecule has 2 aromatic rings. The molecule has 1 aromatic heterocycles. The number of hydrazone groups is 1. The van der Waals surface area contributed by atoms with Crippen LogP contribution in [0.3, 0.4) is 0 Å². The Hall–Kier alpha value is -1.60. The van der Waals surface area contributed by atoms with Crippen molar-refractivity contribution in [2.45, 2.75) is 19.3 Å². The minimum Gasteiger partial charge on any atom is -0.455 e. The van der Waals surface area contributed by atoms with Gasteiger partial charge in [-0.15, -0.1) is 0 Å². The maximum Gasteiger partial charge on any atom is 0.187 e. The molecule has 27 heavy (non-hydrogen) atoms. The summed E-state index contributed by atoms with van der Waals surface area (Å²) in [7, 11) is 0. The molecule has 2 N–H and O–H groups in total. The molecule has 1 aliphatic rings. The van der Waals surface area contributed by atoms with Crippen molar-refractivity contribution in [3.8, 4) is 11.3 Å². The summed E-state index contributed by atoms with van der Waals surface area (Å²) >= 11 is 17.1. The summed E-state index contributed by atoms with van der Waals surface area (Å²) in [6, 6.07) is 9.06. The molecule has 0 radical (unpaired) electrons. The van der Waals surface area contributed by atoms with Gasteiger partial charge in [-0.25, -0.2) is 5.01 Å². The fourth-order valence-corrected chi connectivity index (χ4v) is 3.43. The van der Waals surface area contributed by atoms with Gasteiger partial charge in [0.15, 0.2) is 5.11 Å². The van der Waals surface area contributed by atoms with Gasteiger partial charge in [0.05, 0.1) is 22.8 Å². The molecule has 0 saturated carbocycles. The monoisotopic (exact) mass is 424 g/mol. The minimum absolute atomic E-state index is 0.250. The van der Waals surface area contributed by atoms with E-state index in [0.717, 1.165) is 25.2 Å². The van der Waals surface area contributed by atoms with Crippen molar-refractivity contribution < 1.29 is 4.42 Å². The molecule has 0 bridgehead atoms. The van der Waals surface area contributed by atoms with Crippen LogP contribution in [-0.2, 0) is 0 Å². The SMILES string of the molecule is NC(=S)N(CCN1CCCCC1)N=Cc1ccc(-c2ccc(Cl)c(Cl)c2)o1. The Morgan fingerprint density at radius 3 is 2.67 bits per heavy atom. The summed E-state index contributed by atoms with van der Waals surface area (Å²) in [4.78, 5) is 2.42. The standard InChI is InChI=1S/C19H22Cl2N4OS/c20-16-6-4-14(12-17(16)21)18-7-5-15(26-18)13-23-25(19(22)27)11-10-24-8-2-1-3-9-24/h4-7,12-13H,1-3,8-11H2,(H2,22,27). The van der Waals surface area contributed by atoms with Crippen LogP contribution in [-0.4, -0.2) is 47.4 Å². The first-order valence-electron chi connectivity index (χ1n) is 8.91. The van der Waals surface area contributed by atoms with Crippen LogP contribution >= 0.6 is 35.4 Å². The van der Waals surface area contributed by atoms with Gasteiger partial charge in [0.1, 0.15) is 11.5 Å². The minimum atomic E-state index is 0.250. The summed E-state index contributed by atoms with van der Waals surface area (Å²) in [6.07, 6.45) is 5.43. The summed E-state index contributed by atoms with van der Waals surface area (Å²) in [6.45, 7) is 3.80. The average molecular weight is 425 g/mol. The molecule has 0 spiro atoms. The number of hydrogen-bond donors (Lipinski definition) is 1. The number of rotatable bonds is 6. The van der Waals surface area contributed by atoms with Gasteiger partial charge < -0.3 is 15.1 Å². The van der Waals surface area contributed by atoms with Gasteiger partial charge in [-0.3, -0.25) is 0 Å². The maximum atomic E-state index is 6.07. The van der Waals surface area contributed by atoms with Gasteiger partial charge in [-0.1, -0.05) is 29.6 Å². The Kier molecular flexibility index (Phi) is 7.13. The van der Waals surface area contributed by atoms with Gasteiger partial charge in [0, 0.05) is 12.1 Å². The number of halogens is 2. The second-order valence-corrected chi connectivity index (χ2v) is 7.67. The molecule has 0 atom stereocenters. The molecule has 144 valence electrons. The second kappa shape index (κ2) is 9.55. The predicted molar refractivity (Wildman–Crippen MR) is 116 cm³/mol. The average Bonchev–Trinajstić information content (AvgIpc) is 3.13. The zero-order chi connectivity index (χ0) is 19.2. The first-order chi connectivity index (χ1) is 13.0. The van der Waals surface area contributed by atoms with Crippen molar-refractivity contribution >= 4 is 46.7 Å². The Balaban J connectivity index is 1.63. The highest BCUT2D eigenvalue weighted by atomic mass is 35.5. The Bertz CT molecular complexity index is 818. The molecule has 1 aromatic carbocycles. The third-order valence-corrected chi connectivity index (χ3v) is 5.44. The number of furan rings is 1. The van der Waals surface area contributed by atoms with Gasteiger partial charge in [-0.2, -0.15) is 5.10 Å². The van der Waals surface area contributed by atoms with E-state index in [-0.39, 0.29) is 5.11 Å². The van der Waals surface area contributed by atoms with Gasteiger partial charge in [0.25, 0.3) is 0 Å². The molecule has 3 rings (SSSR count). The fraction of sp³-hybridized carbons (Fsp3) is 0.368. The Morgan fingerprint density at radius 2 is 1.96 bits per heavy atom. The summed E-state index contributed by atoms with van der Waals surface area (Å²) in [5.74, 6) is 1.29. The molecule has 2 heterocycles. The van der Waals surface area contributed by atoms with E-state index in [1.807, 2.05) is 18.2 Å². The second-order valence-electron chi connectivity index (χ2n) is 6.44. The lowest BCUT2D eigenvalue weighted by Crippen LogP contribution is -2.40. The topological polar surface area (TPSA) is 58.0 Å². The summed E-state index contributed by atoms with van der Waals surface area (Å²) in [5, 5.41) is 7.26. The van der Waals surface area contributed by atoms with Crippen molar-refractivity contribution in [1.29, 1.82) is 0 Å². The molecule has 8 heteroatoms. The van der Waals surface area contributed by atoms with E-state index in [4.69, 9.17) is 45.6 Å². The number of hydrogen-bond acceptors (Lipinski definition) is 4. The van der Waals surface area contributed by atoms with Crippen LogP contribution in [0.15, 0.2) is 39.9 Å². The number of nitrogens with zero attached hydrogens (tertiary/aromatic N) is 3. The van der Waals surface area contributed by atoms with Gasteiger partial charge in [0.2, 0.25) is 0 Å². The van der Waals surface area contributed by atoms with E-state index in [2.05, 4.69) is 10.0 Å². The molecule has 1 saturated heterocycles. The van der Waals surface area contributed by atoms with Crippen LogP contribution in [0.5, 0.6) is 0 Å². The van der Waals surface area contributed by atoms with Crippen LogP contribution in [0, 0.1) is 0 Å². The van der Waals surface area contributed by atoms with E-state index < -0.39 is 0 Å². The summed E-state index contributed by atoms with van der Waals surface area (Å²) < 4.78 is 5.82. The van der Waals surface area contributed by atoms with Crippen LogP contribution in [0.25, 0.3) is 11.3 Å². The van der Waals surface area contributed by atoms with E-state index in [9.17, 15) is 0 Å². The van der Waals surface area contributed by atoms with Crippen LogP contribution in [0.4, 0.5) is 0 Å². The van der Waals surface area contributed by atoms with Gasteiger partial charge >= 0.3 is 0 Å². The highest BCUT2D eigenvalue weighted by Crippen LogP contribution is 2.29. The number of benzene rings is 1. The highest BCUT2D eigenvalue weighted by Gasteiger charge is 2.12. The van der Waals surface area contributed by atoms with Crippen LogP contribution in [0.1, 0.15) is 25.0 Å². The Morgan fingerprint density at radius 1 is 1.19 bits per heavy atom. The smallest absolute Gasteiger partial charge is 0.187 e. The van der Waals surface area contributed by atoms with Crippen molar-refractivity contribution in [1.82, 2.24) is 9.91 Å². The van der Waals surface area contributed by atoms with Crippen LogP contribution < -0.4 is 5.73 Å². The first-order valence-corrected chi connectivity index (χ1v) is 10.1. The molecule has 1 fully saturated rings. The third-order valence-electron chi connectivity index (χ3n) is 4.49. The van der Waals surface area contributed by atoms with E-state index in [0.29, 0.717) is 28.1 Å². The lowest BCUT2D eigenvalue weighted by atomic mass is 10.1. The van der Waals surface area contributed by atoms with Crippen molar-refractivity contribution in [3.05, 3.63) is 46.1 Å². The molecule has 0 aliphatic carbocycles. The molecule has 0 unspecified atom stereocenters. The predicted octanol–water partition coefficient (Wildman–Crippen LogP) is 4.62. The molecule has 1 aliphatic heterocycles. The third kappa shape index (κ3) is 5.69. The Labute approximate surface area is 174 Å². The molecule has 0 amide bonds. The zero-order valence-corrected chi connectivity index (χ0v) is 17.2. The van der Waals surface area contributed by atoms with E-state index in [1.165, 1.54) is 19.3 Å². The molecular weight excluding hydrogens is 403 g/mol. The fourth-order valence-electron chi connectivity index (χ4n) is 3.00. The zero-order valence-electron chi connectivity index (χ0n) is 14.9. The van der Waals surface area contributed by atoms with Crippen molar-refractivity contribution in [3.63, 3.8) is 0 Å². The molecule has 5 nitrogen and oxygen atoms in total. The summed E-state index contributed by atoms with van der Waals surface area (Å²) in [5.41, 5.74) is 6.66.